The molecule has 0 aliphatic rings. The van der Waals surface area contributed by atoms with Crippen LogP contribution in [0.25, 0.3) is 0 Å². The molecule has 6 nitrogen and oxygen atoms in total. The van der Waals surface area contributed by atoms with Crippen LogP contribution >= 0.6 is 27.5 Å². The van der Waals surface area contributed by atoms with Crippen LogP contribution in [0.2, 0.25) is 0 Å². The summed E-state index contributed by atoms with van der Waals surface area (Å²) in [4.78, 5) is 0. The third-order valence-corrected chi connectivity index (χ3v) is 4.34. The summed E-state index contributed by atoms with van der Waals surface area (Å²) >= 11 is 4.90. The van der Waals surface area contributed by atoms with Gasteiger partial charge in [-0.05, 0) is 41.3 Å². The number of aryl methyl sites for hydroxylation is 2. The van der Waals surface area contributed by atoms with Gasteiger partial charge in [-0.15, -0.1) is 5.10 Å². The summed E-state index contributed by atoms with van der Waals surface area (Å²) in [5.74, 6) is 5.60. The van der Waals surface area contributed by atoms with Gasteiger partial charge in [-0.1, -0.05) is 4.49 Å². The quantitative estimate of drug-likeness (QED) is 0.642. The zero-order valence-electron chi connectivity index (χ0n) is 10.2. The molecule has 2 rings (SSSR count). The van der Waals surface area contributed by atoms with Gasteiger partial charge in [0.2, 0.25) is 0 Å². The normalized spacial score (nSPS) is 12.9. The van der Waals surface area contributed by atoms with Crippen LogP contribution in [-0.4, -0.2) is 19.4 Å². The number of nitrogens with zero attached hydrogens (tertiary/aromatic N) is 4. The van der Waals surface area contributed by atoms with Gasteiger partial charge in [0.1, 0.15) is 0 Å². The molecule has 0 aliphatic carbocycles. The van der Waals surface area contributed by atoms with Crippen molar-refractivity contribution in [3.05, 3.63) is 26.9 Å². The molecule has 0 saturated carbocycles. The summed E-state index contributed by atoms with van der Waals surface area (Å²) in [6, 6.07) is -0.0542. The van der Waals surface area contributed by atoms with Gasteiger partial charge in [-0.2, -0.15) is 5.10 Å². The summed E-state index contributed by atoms with van der Waals surface area (Å²) in [6.45, 7) is 4.88. The molecule has 0 spiro atoms. The minimum Gasteiger partial charge on any atom is -0.271 e. The van der Waals surface area contributed by atoms with Crippen molar-refractivity contribution in [2.75, 3.05) is 0 Å². The first-order valence-electron chi connectivity index (χ1n) is 5.62. The van der Waals surface area contributed by atoms with E-state index in [1.54, 1.807) is 0 Å². The Labute approximate surface area is 118 Å². The maximum absolute atomic E-state index is 5.60. The highest BCUT2D eigenvalue weighted by molar-refractivity contribution is 9.10. The molecule has 1 unspecified atom stereocenters. The number of hydrogen-bond acceptors (Lipinski definition) is 6. The highest BCUT2D eigenvalue weighted by Gasteiger charge is 2.19. The average molecular weight is 331 g/mol. The van der Waals surface area contributed by atoms with Crippen LogP contribution in [0.4, 0.5) is 0 Å². The molecule has 2 aromatic heterocycles. The van der Waals surface area contributed by atoms with Crippen LogP contribution in [-0.2, 0) is 13.0 Å². The Kier molecular flexibility index (Phi) is 4.44. The first-order valence-corrected chi connectivity index (χ1v) is 7.25. The lowest BCUT2D eigenvalue weighted by molar-refractivity contribution is 0.505. The van der Waals surface area contributed by atoms with E-state index in [0.717, 1.165) is 34.5 Å². The molecule has 8 heteroatoms. The Bertz CT molecular complexity index is 509. The SMILES string of the molecule is CCn1nc(C)c(Br)c1CC(NN)c1csnn1. The van der Waals surface area contributed by atoms with Crippen LogP contribution < -0.4 is 11.3 Å². The monoisotopic (exact) mass is 330 g/mol. The van der Waals surface area contributed by atoms with E-state index in [0.29, 0.717) is 0 Å². The van der Waals surface area contributed by atoms with Crippen molar-refractivity contribution in [3.8, 4) is 0 Å². The van der Waals surface area contributed by atoms with Crippen LogP contribution in [0.1, 0.15) is 30.0 Å². The van der Waals surface area contributed by atoms with Crippen molar-refractivity contribution in [3.63, 3.8) is 0 Å². The molecule has 0 aromatic carbocycles. The Balaban J connectivity index is 2.27. The highest BCUT2D eigenvalue weighted by atomic mass is 79.9. The van der Waals surface area contributed by atoms with Crippen molar-refractivity contribution in [1.29, 1.82) is 0 Å². The first kappa shape index (κ1) is 13.6. The summed E-state index contributed by atoms with van der Waals surface area (Å²) in [6.07, 6.45) is 0.719. The van der Waals surface area contributed by atoms with E-state index in [-0.39, 0.29) is 6.04 Å². The summed E-state index contributed by atoms with van der Waals surface area (Å²) in [5.41, 5.74) is 5.74. The van der Waals surface area contributed by atoms with E-state index < -0.39 is 0 Å². The fourth-order valence-corrected chi connectivity index (χ4v) is 2.78. The molecule has 1 atom stereocenters. The van der Waals surface area contributed by atoms with Crippen molar-refractivity contribution in [1.82, 2.24) is 24.8 Å². The van der Waals surface area contributed by atoms with E-state index in [1.807, 2.05) is 17.0 Å². The number of halogens is 1. The standard InChI is InChI=1S/C10H15BrN6S/c1-3-17-9(10(11)6(2)15-17)4-7(13-12)8-5-18-16-14-8/h5,7,13H,3-4,12H2,1-2H3. The highest BCUT2D eigenvalue weighted by Crippen LogP contribution is 2.25. The third-order valence-electron chi connectivity index (χ3n) is 2.79. The zero-order chi connectivity index (χ0) is 13.1. The lowest BCUT2D eigenvalue weighted by Crippen LogP contribution is -2.30. The number of nitrogens with two attached hydrogens (primary N) is 1. The van der Waals surface area contributed by atoms with Crippen molar-refractivity contribution < 1.29 is 0 Å². The van der Waals surface area contributed by atoms with Crippen LogP contribution in [0.5, 0.6) is 0 Å². The Morgan fingerprint density at radius 2 is 2.39 bits per heavy atom. The minimum atomic E-state index is -0.0542. The van der Waals surface area contributed by atoms with E-state index in [4.69, 9.17) is 5.84 Å². The van der Waals surface area contributed by atoms with E-state index in [2.05, 4.69) is 43.0 Å². The zero-order valence-corrected chi connectivity index (χ0v) is 12.6. The molecule has 0 radical (unpaired) electrons. The Morgan fingerprint density at radius 1 is 1.61 bits per heavy atom. The van der Waals surface area contributed by atoms with Crippen LogP contribution in [0.15, 0.2) is 9.85 Å². The van der Waals surface area contributed by atoms with Gasteiger partial charge >= 0.3 is 0 Å². The third kappa shape index (κ3) is 2.61. The molecule has 0 amide bonds. The topological polar surface area (TPSA) is 81.7 Å². The molecule has 0 saturated heterocycles. The number of rotatable bonds is 5. The maximum Gasteiger partial charge on any atom is 0.0942 e. The Hall–Kier alpha value is -0.830. The van der Waals surface area contributed by atoms with Gasteiger partial charge < -0.3 is 0 Å². The fraction of sp³-hybridized carbons (Fsp3) is 0.500. The lowest BCUT2D eigenvalue weighted by atomic mass is 10.1. The lowest BCUT2D eigenvalue weighted by Gasteiger charge is -2.14. The molecule has 0 aliphatic heterocycles. The predicted octanol–water partition coefficient (Wildman–Crippen LogP) is 1.57. The van der Waals surface area contributed by atoms with Gasteiger partial charge in [0.15, 0.2) is 0 Å². The molecule has 3 N–H and O–H groups in total. The number of hydrogen-bond donors (Lipinski definition) is 2. The van der Waals surface area contributed by atoms with Gasteiger partial charge in [-0.25, -0.2) is 0 Å². The predicted molar refractivity (Wildman–Crippen MR) is 74.0 cm³/mol. The van der Waals surface area contributed by atoms with Gasteiger partial charge in [0.05, 0.1) is 27.6 Å². The summed E-state index contributed by atoms with van der Waals surface area (Å²) in [5, 5.41) is 10.4. The molecule has 18 heavy (non-hydrogen) atoms. The van der Waals surface area contributed by atoms with Crippen molar-refractivity contribution in [2.24, 2.45) is 5.84 Å². The smallest absolute Gasteiger partial charge is 0.0942 e. The molecule has 98 valence electrons. The van der Waals surface area contributed by atoms with E-state index >= 15 is 0 Å². The van der Waals surface area contributed by atoms with Crippen molar-refractivity contribution >= 4 is 27.5 Å². The molecule has 2 aromatic rings. The second kappa shape index (κ2) is 5.87. The first-order chi connectivity index (χ1) is 8.67. The molecule has 0 bridgehead atoms. The van der Waals surface area contributed by atoms with Gasteiger partial charge in [-0.3, -0.25) is 16.0 Å². The Morgan fingerprint density at radius 3 is 2.94 bits per heavy atom. The largest absolute Gasteiger partial charge is 0.271 e. The van der Waals surface area contributed by atoms with E-state index in [9.17, 15) is 0 Å². The maximum atomic E-state index is 5.60. The summed E-state index contributed by atoms with van der Waals surface area (Å²) in [7, 11) is 0. The molecule has 0 fully saturated rings. The number of hydrazine groups is 1. The second-order valence-electron chi connectivity index (χ2n) is 3.92. The van der Waals surface area contributed by atoms with Gasteiger partial charge in [0, 0.05) is 18.3 Å². The van der Waals surface area contributed by atoms with Crippen LogP contribution in [0.3, 0.4) is 0 Å². The van der Waals surface area contributed by atoms with E-state index in [1.165, 1.54) is 11.5 Å². The number of aromatic nitrogens is 4. The van der Waals surface area contributed by atoms with Gasteiger partial charge in [0.25, 0.3) is 0 Å². The molecule has 2 heterocycles. The molecular weight excluding hydrogens is 316 g/mol. The molecular formula is C10H15BrN6S. The average Bonchev–Trinajstić information content (AvgIpc) is 2.98. The summed E-state index contributed by atoms with van der Waals surface area (Å²) < 4.78 is 6.88. The minimum absolute atomic E-state index is 0.0542. The van der Waals surface area contributed by atoms with Crippen molar-refractivity contribution in [2.45, 2.75) is 32.9 Å². The number of nitrogens with one attached hydrogen (secondary N) is 1. The second-order valence-corrected chi connectivity index (χ2v) is 5.32. The fourth-order valence-electron chi connectivity index (χ4n) is 1.83. The van der Waals surface area contributed by atoms with Crippen LogP contribution in [0, 0.1) is 6.92 Å².